The Hall–Kier alpha value is -2.88. The number of carbonyl (C=O) groups excluding carboxylic acids is 3. The largest absolute Gasteiger partial charge is 0.382 e. The highest BCUT2D eigenvalue weighted by molar-refractivity contribution is 7.99. The second kappa shape index (κ2) is 13.9. The summed E-state index contributed by atoms with van der Waals surface area (Å²) in [4.78, 5) is 38.0. The third kappa shape index (κ3) is 8.69. The Morgan fingerprint density at radius 1 is 0.914 bits per heavy atom. The fraction of sp³-hybridized carbons (Fsp3) is 0.423. The quantitative estimate of drug-likeness (QED) is 0.212. The monoisotopic (exact) mass is 501 g/mol. The van der Waals surface area contributed by atoms with Crippen LogP contribution in [0, 0.1) is 5.92 Å². The Kier molecular flexibility index (Phi) is 11.2. The highest BCUT2D eigenvalue weighted by Gasteiger charge is 2.40. The lowest BCUT2D eigenvalue weighted by molar-refractivity contribution is -0.147. The zero-order valence-electron chi connectivity index (χ0n) is 20.4. The van der Waals surface area contributed by atoms with Crippen LogP contribution in [-0.2, 0) is 26.6 Å². The number of thioether (sulfide) groups is 1. The molecule has 0 saturated heterocycles. The fourth-order valence-electron chi connectivity index (χ4n) is 3.73. The van der Waals surface area contributed by atoms with Gasteiger partial charge in [-0.05, 0) is 44.2 Å². The van der Waals surface area contributed by atoms with E-state index in [0.717, 1.165) is 11.1 Å². The summed E-state index contributed by atoms with van der Waals surface area (Å²) in [6, 6.07) is 18.5. The van der Waals surface area contributed by atoms with Crippen LogP contribution in [0.5, 0.6) is 0 Å². The molecule has 0 aliphatic heterocycles. The van der Waals surface area contributed by atoms with Gasteiger partial charge in [0.2, 0.25) is 11.8 Å². The number of aliphatic hydroxyl groups excluding tert-OH is 1. The average Bonchev–Trinajstić information content (AvgIpc) is 2.88. The number of hydrogen-bond acceptors (Lipinski definition) is 6. The first-order chi connectivity index (χ1) is 16.7. The predicted molar refractivity (Wildman–Crippen MR) is 137 cm³/mol. The Bertz CT molecular complexity index is 956. The van der Waals surface area contributed by atoms with Crippen molar-refractivity contribution in [2.45, 2.75) is 55.8 Å². The van der Waals surface area contributed by atoms with E-state index in [9.17, 15) is 19.5 Å². The molecular formula is C26H35N3O5S. The van der Waals surface area contributed by atoms with Crippen LogP contribution in [0.15, 0.2) is 60.7 Å². The molecule has 0 aromatic heterocycles. The van der Waals surface area contributed by atoms with Gasteiger partial charge in [0.25, 0.3) is 5.91 Å². The van der Waals surface area contributed by atoms with Gasteiger partial charge in [-0.2, -0.15) is 0 Å². The number of aliphatic hydroxyl groups is 1. The Morgan fingerprint density at radius 2 is 1.49 bits per heavy atom. The van der Waals surface area contributed by atoms with Crippen LogP contribution in [0.25, 0.3) is 0 Å². The second-order valence-corrected chi connectivity index (χ2v) is 10.5. The molecule has 0 spiro atoms. The number of carbonyl (C=O) groups is 3. The SMILES string of the molecule is CNC(=O)C(NC(=O)[C@H](CCCc1ccccc1)[C@H](O)C(=O)NO)C(C)(C)SCc1ccccc1. The number of amides is 3. The number of aryl methyl sites for hydroxylation is 1. The van der Waals surface area contributed by atoms with Crippen molar-refractivity contribution in [3.8, 4) is 0 Å². The van der Waals surface area contributed by atoms with Crippen LogP contribution in [0.1, 0.15) is 37.8 Å². The molecule has 0 aliphatic carbocycles. The van der Waals surface area contributed by atoms with E-state index in [4.69, 9.17) is 5.21 Å². The standard InChI is InChI=1S/C26H35N3O5S/c1-26(2,35-17-19-13-8-5-9-14-19)22(25(33)27-3)28-23(31)20(21(30)24(32)29-34)16-10-15-18-11-6-4-7-12-18/h4-9,11-14,20-22,30,34H,10,15-17H2,1-3H3,(H,27,33)(H,28,31)(H,29,32)/t20-,21+,22?/m1/s1. The number of likely N-dealkylation sites (N-methyl/N-ethyl adjacent to an activating group) is 1. The third-order valence-corrected chi connectivity index (χ3v) is 7.32. The Balaban J connectivity index is 2.15. The fourth-order valence-corrected chi connectivity index (χ4v) is 4.79. The van der Waals surface area contributed by atoms with E-state index in [2.05, 4.69) is 10.6 Å². The third-order valence-electron chi connectivity index (χ3n) is 5.86. The maximum atomic E-state index is 13.3. The van der Waals surface area contributed by atoms with Gasteiger partial charge in [-0.3, -0.25) is 19.6 Å². The molecule has 3 atom stereocenters. The number of rotatable bonds is 13. The molecule has 0 bridgehead atoms. The van der Waals surface area contributed by atoms with Crippen molar-refractivity contribution >= 4 is 29.5 Å². The summed E-state index contributed by atoms with van der Waals surface area (Å²) in [5, 5.41) is 24.8. The minimum absolute atomic E-state index is 0.188. The summed E-state index contributed by atoms with van der Waals surface area (Å²) < 4.78 is -0.704. The summed E-state index contributed by atoms with van der Waals surface area (Å²) in [6.45, 7) is 3.73. The van der Waals surface area contributed by atoms with Crippen LogP contribution in [0.3, 0.4) is 0 Å². The van der Waals surface area contributed by atoms with Gasteiger partial charge in [0.15, 0.2) is 0 Å². The predicted octanol–water partition coefficient (Wildman–Crippen LogP) is 2.43. The molecule has 0 saturated carbocycles. The molecule has 0 fully saturated rings. The molecule has 5 N–H and O–H groups in total. The van der Waals surface area contributed by atoms with Crippen molar-refractivity contribution < 1.29 is 24.7 Å². The summed E-state index contributed by atoms with van der Waals surface area (Å²) in [7, 11) is 1.49. The molecule has 2 aromatic rings. The highest BCUT2D eigenvalue weighted by atomic mass is 32.2. The number of benzene rings is 2. The summed E-state index contributed by atoms with van der Waals surface area (Å²) >= 11 is 1.51. The van der Waals surface area contributed by atoms with Crippen molar-refractivity contribution in [1.29, 1.82) is 0 Å². The molecule has 2 aromatic carbocycles. The van der Waals surface area contributed by atoms with Gasteiger partial charge in [-0.25, -0.2) is 5.48 Å². The van der Waals surface area contributed by atoms with Crippen molar-refractivity contribution in [2.24, 2.45) is 5.92 Å². The van der Waals surface area contributed by atoms with Crippen molar-refractivity contribution in [3.63, 3.8) is 0 Å². The van der Waals surface area contributed by atoms with Crippen LogP contribution in [-0.4, -0.2) is 52.0 Å². The summed E-state index contributed by atoms with van der Waals surface area (Å²) in [5.74, 6) is -2.59. The molecule has 190 valence electrons. The lowest BCUT2D eigenvalue weighted by atomic mass is 9.92. The van der Waals surface area contributed by atoms with E-state index in [-0.39, 0.29) is 12.3 Å². The normalized spacial score (nSPS) is 13.9. The van der Waals surface area contributed by atoms with E-state index in [1.807, 2.05) is 74.5 Å². The van der Waals surface area contributed by atoms with E-state index in [1.54, 1.807) is 0 Å². The lowest BCUT2D eigenvalue weighted by Gasteiger charge is -2.34. The van der Waals surface area contributed by atoms with Crippen molar-refractivity contribution in [2.75, 3.05) is 7.05 Å². The number of hydroxylamine groups is 1. The molecule has 1 unspecified atom stereocenters. The second-order valence-electron chi connectivity index (χ2n) is 8.84. The van der Waals surface area contributed by atoms with E-state index in [0.29, 0.717) is 18.6 Å². The molecule has 0 aliphatic rings. The molecule has 2 rings (SSSR count). The van der Waals surface area contributed by atoms with Gasteiger partial charge >= 0.3 is 0 Å². The summed E-state index contributed by atoms with van der Waals surface area (Å²) in [6.07, 6.45) is -0.404. The van der Waals surface area contributed by atoms with E-state index < -0.39 is 34.6 Å². The lowest BCUT2D eigenvalue weighted by Crippen LogP contribution is -2.58. The molecule has 0 heterocycles. The zero-order valence-corrected chi connectivity index (χ0v) is 21.2. The highest BCUT2D eigenvalue weighted by Crippen LogP contribution is 2.32. The minimum atomic E-state index is -1.76. The first kappa shape index (κ1) is 28.4. The molecule has 9 heteroatoms. The first-order valence-corrected chi connectivity index (χ1v) is 12.5. The summed E-state index contributed by atoms with van der Waals surface area (Å²) in [5.41, 5.74) is 3.56. The topological polar surface area (TPSA) is 128 Å². The number of hydrogen-bond donors (Lipinski definition) is 5. The van der Waals surface area contributed by atoms with Crippen molar-refractivity contribution in [1.82, 2.24) is 16.1 Å². The van der Waals surface area contributed by atoms with Gasteiger partial charge in [0.1, 0.15) is 12.1 Å². The minimum Gasteiger partial charge on any atom is -0.382 e. The number of nitrogens with one attached hydrogen (secondary N) is 3. The maximum absolute atomic E-state index is 13.3. The van der Waals surface area contributed by atoms with Crippen LogP contribution in [0.2, 0.25) is 0 Å². The Labute approximate surface area is 210 Å². The van der Waals surface area contributed by atoms with Crippen LogP contribution >= 0.6 is 11.8 Å². The molecule has 8 nitrogen and oxygen atoms in total. The Morgan fingerprint density at radius 3 is 2.03 bits per heavy atom. The van der Waals surface area contributed by atoms with Gasteiger partial charge in [-0.1, -0.05) is 60.7 Å². The average molecular weight is 502 g/mol. The first-order valence-electron chi connectivity index (χ1n) is 11.6. The molecule has 0 radical (unpaired) electrons. The van der Waals surface area contributed by atoms with Crippen molar-refractivity contribution in [3.05, 3.63) is 71.8 Å². The van der Waals surface area contributed by atoms with Crippen LogP contribution in [0.4, 0.5) is 0 Å². The maximum Gasteiger partial charge on any atom is 0.272 e. The van der Waals surface area contributed by atoms with E-state index >= 15 is 0 Å². The molecule has 35 heavy (non-hydrogen) atoms. The molecule has 3 amide bonds. The zero-order chi connectivity index (χ0) is 25.8. The van der Waals surface area contributed by atoms with Crippen LogP contribution < -0.4 is 16.1 Å². The van der Waals surface area contributed by atoms with E-state index in [1.165, 1.54) is 24.3 Å². The molecular weight excluding hydrogens is 466 g/mol. The van der Waals surface area contributed by atoms with Gasteiger partial charge in [0.05, 0.1) is 5.92 Å². The smallest absolute Gasteiger partial charge is 0.272 e. The van der Waals surface area contributed by atoms with Gasteiger partial charge < -0.3 is 15.7 Å². The van der Waals surface area contributed by atoms with Gasteiger partial charge in [-0.15, -0.1) is 11.8 Å². The van der Waals surface area contributed by atoms with Gasteiger partial charge in [0, 0.05) is 17.5 Å².